The van der Waals surface area contributed by atoms with E-state index in [1.54, 1.807) is 30.3 Å². The summed E-state index contributed by atoms with van der Waals surface area (Å²) < 4.78 is 24.4. The summed E-state index contributed by atoms with van der Waals surface area (Å²) in [6.07, 6.45) is 1.76. The molecule has 0 radical (unpaired) electrons. The van der Waals surface area contributed by atoms with Gasteiger partial charge in [-0.3, -0.25) is 19.0 Å². The minimum Gasteiger partial charge on any atom is -0.454 e. The quantitative estimate of drug-likeness (QED) is 0.457. The second-order valence-corrected chi connectivity index (χ2v) is 6.84. The highest BCUT2D eigenvalue weighted by atomic mass is 19.1. The zero-order valence-electron chi connectivity index (χ0n) is 16.3. The van der Waals surface area contributed by atoms with E-state index in [-0.39, 0.29) is 11.4 Å². The number of hydrogen-bond acceptors (Lipinski definition) is 6. The van der Waals surface area contributed by atoms with Gasteiger partial charge in [0.25, 0.3) is 11.5 Å². The van der Waals surface area contributed by atoms with Gasteiger partial charge in [-0.1, -0.05) is 24.3 Å². The Morgan fingerprint density at radius 1 is 1.13 bits per heavy atom. The van der Waals surface area contributed by atoms with Crippen LogP contribution in [0.1, 0.15) is 5.56 Å². The van der Waals surface area contributed by atoms with Crippen LogP contribution in [0.15, 0.2) is 64.1 Å². The molecule has 2 aromatic carbocycles. The van der Waals surface area contributed by atoms with E-state index in [1.165, 1.54) is 18.5 Å². The van der Waals surface area contributed by atoms with Crippen LogP contribution in [0.2, 0.25) is 0 Å². The average Bonchev–Trinajstić information content (AvgIpc) is 3.15. The van der Waals surface area contributed by atoms with Crippen molar-refractivity contribution in [2.24, 2.45) is 0 Å². The summed E-state index contributed by atoms with van der Waals surface area (Å²) in [5.74, 6) is -1.56. The Labute approximate surface area is 175 Å². The lowest BCUT2D eigenvalue weighted by molar-refractivity contribution is -0.149. The Morgan fingerprint density at radius 2 is 1.90 bits per heavy atom. The van der Waals surface area contributed by atoms with Gasteiger partial charge in [0.2, 0.25) is 5.58 Å². The molecule has 2 aromatic heterocycles. The van der Waals surface area contributed by atoms with Gasteiger partial charge >= 0.3 is 5.97 Å². The molecule has 9 heteroatoms. The highest BCUT2D eigenvalue weighted by Gasteiger charge is 2.15. The topological polar surface area (TPSA) is 103 Å². The number of nitrogens with one attached hydrogen (secondary N) is 1. The number of amides is 1. The number of carbonyl (C=O) groups excluding carboxylic acids is 2. The zero-order valence-corrected chi connectivity index (χ0v) is 16.3. The van der Waals surface area contributed by atoms with Gasteiger partial charge in [0.05, 0.1) is 6.33 Å². The number of ether oxygens (including phenoxy) is 1. The van der Waals surface area contributed by atoms with Crippen molar-refractivity contribution in [3.8, 4) is 0 Å². The van der Waals surface area contributed by atoms with Crippen molar-refractivity contribution >= 4 is 33.9 Å². The van der Waals surface area contributed by atoms with Crippen LogP contribution in [0.25, 0.3) is 22.1 Å². The van der Waals surface area contributed by atoms with Crippen molar-refractivity contribution in [3.05, 3.63) is 76.6 Å². The second-order valence-electron chi connectivity index (χ2n) is 6.84. The molecule has 0 fully saturated rings. The summed E-state index contributed by atoms with van der Waals surface area (Å²) in [6.45, 7) is -0.562. The maximum absolute atomic E-state index is 12.9. The minimum atomic E-state index is -0.756. The molecule has 8 nitrogen and oxygen atoms in total. The van der Waals surface area contributed by atoms with Gasteiger partial charge in [0.15, 0.2) is 6.61 Å². The van der Waals surface area contributed by atoms with Crippen LogP contribution >= 0.6 is 0 Å². The minimum absolute atomic E-state index is 0.0510. The molecule has 0 saturated carbocycles. The number of carbonyl (C=O) groups is 2. The van der Waals surface area contributed by atoms with Crippen LogP contribution in [0.5, 0.6) is 0 Å². The third-order valence-electron chi connectivity index (χ3n) is 4.66. The highest BCUT2D eigenvalue weighted by molar-refractivity contribution is 6.01. The fourth-order valence-corrected chi connectivity index (χ4v) is 3.11. The molecule has 0 atom stereocenters. The van der Waals surface area contributed by atoms with Crippen molar-refractivity contribution in [3.63, 3.8) is 0 Å². The normalized spacial score (nSPS) is 11.0. The number of fused-ring (bicyclic) bond motifs is 3. The fourth-order valence-electron chi connectivity index (χ4n) is 3.11. The van der Waals surface area contributed by atoms with E-state index in [1.807, 2.05) is 6.07 Å². The first-order valence-corrected chi connectivity index (χ1v) is 9.55. The lowest BCUT2D eigenvalue weighted by Crippen LogP contribution is -2.32. The van der Waals surface area contributed by atoms with Gasteiger partial charge < -0.3 is 14.5 Å². The van der Waals surface area contributed by atoms with E-state index in [4.69, 9.17) is 9.15 Å². The summed E-state index contributed by atoms with van der Waals surface area (Å²) in [7, 11) is 0. The number of rotatable bonds is 7. The summed E-state index contributed by atoms with van der Waals surface area (Å²) in [5, 5.41) is 3.32. The molecule has 0 bridgehead atoms. The lowest BCUT2D eigenvalue weighted by Gasteiger charge is -2.08. The van der Waals surface area contributed by atoms with Crippen LogP contribution < -0.4 is 10.9 Å². The van der Waals surface area contributed by atoms with E-state index in [0.29, 0.717) is 29.5 Å². The number of hydrogen-bond donors (Lipinski definition) is 1. The Balaban J connectivity index is 1.30. The number of halogens is 1. The summed E-state index contributed by atoms with van der Waals surface area (Å²) in [6, 6.07) is 13.1. The first-order valence-electron chi connectivity index (χ1n) is 9.55. The number of esters is 1. The Morgan fingerprint density at radius 3 is 2.71 bits per heavy atom. The van der Waals surface area contributed by atoms with Crippen LogP contribution in [0.3, 0.4) is 0 Å². The molecule has 0 spiro atoms. The molecule has 1 N–H and O–H groups in total. The molecule has 4 rings (SSSR count). The van der Waals surface area contributed by atoms with Crippen molar-refractivity contribution in [1.82, 2.24) is 14.9 Å². The monoisotopic (exact) mass is 423 g/mol. The first kappa shape index (κ1) is 20.3. The molecule has 0 aliphatic heterocycles. The van der Waals surface area contributed by atoms with Crippen molar-refractivity contribution in [2.75, 3.05) is 13.2 Å². The van der Waals surface area contributed by atoms with E-state index in [2.05, 4.69) is 10.3 Å². The fraction of sp³-hybridized carbons (Fsp3) is 0.182. The SMILES string of the molecule is O=C(COC(=O)Cn1cnc2c(oc3ccccc32)c1=O)NCCc1ccc(F)cc1. The van der Waals surface area contributed by atoms with Crippen molar-refractivity contribution in [2.45, 2.75) is 13.0 Å². The first-order chi connectivity index (χ1) is 15.0. The van der Waals surface area contributed by atoms with Crippen LogP contribution in [-0.2, 0) is 27.3 Å². The summed E-state index contributed by atoms with van der Waals surface area (Å²) in [4.78, 5) is 40.7. The van der Waals surface area contributed by atoms with Crippen LogP contribution in [0.4, 0.5) is 4.39 Å². The summed E-state index contributed by atoms with van der Waals surface area (Å²) in [5.41, 5.74) is 1.36. The van der Waals surface area contributed by atoms with Gasteiger partial charge in [-0.2, -0.15) is 0 Å². The standard InChI is InChI=1S/C22H18FN3O5/c23-15-7-5-14(6-8-15)9-10-24-18(27)12-30-19(28)11-26-13-25-20-16-3-1-2-4-17(16)31-21(20)22(26)29/h1-8,13H,9-12H2,(H,24,27). The smallest absolute Gasteiger partial charge is 0.326 e. The van der Waals surface area contributed by atoms with E-state index in [0.717, 1.165) is 10.1 Å². The second kappa shape index (κ2) is 8.78. The average molecular weight is 423 g/mol. The number of para-hydroxylation sites is 1. The Kier molecular flexibility index (Phi) is 5.74. The molecule has 0 aliphatic carbocycles. The molecule has 1 amide bonds. The van der Waals surface area contributed by atoms with Crippen LogP contribution in [0, 0.1) is 5.82 Å². The molecule has 0 saturated heterocycles. The maximum Gasteiger partial charge on any atom is 0.326 e. The molecule has 0 unspecified atom stereocenters. The van der Waals surface area contributed by atoms with Gasteiger partial charge in [-0.15, -0.1) is 0 Å². The number of furan rings is 1. The van der Waals surface area contributed by atoms with E-state index >= 15 is 0 Å². The van der Waals surface area contributed by atoms with Gasteiger partial charge in [0, 0.05) is 11.9 Å². The molecule has 158 valence electrons. The molecule has 2 heterocycles. The third kappa shape index (κ3) is 4.61. The molecule has 31 heavy (non-hydrogen) atoms. The van der Waals surface area contributed by atoms with Gasteiger partial charge in [-0.25, -0.2) is 9.37 Å². The predicted molar refractivity (Wildman–Crippen MR) is 110 cm³/mol. The largest absolute Gasteiger partial charge is 0.454 e. The molecular formula is C22H18FN3O5. The van der Waals surface area contributed by atoms with E-state index in [9.17, 15) is 18.8 Å². The van der Waals surface area contributed by atoms with Crippen LogP contribution in [-0.4, -0.2) is 34.6 Å². The number of benzene rings is 2. The summed E-state index contributed by atoms with van der Waals surface area (Å²) >= 11 is 0. The van der Waals surface area contributed by atoms with Crippen molar-refractivity contribution < 1.29 is 23.1 Å². The van der Waals surface area contributed by atoms with Gasteiger partial charge in [-0.05, 0) is 36.2 Å². The molecular weight excluding hydrogens is 405 g/mol. The predicted octanol–water partition coefficient (Wildman–Crippen LogP) is 2.18. The lowest BCUT2D eigenvalue weighted by atomic mass is 10.1. The Hall–Kier alpha value is -4.01. The zero-order chi connectivity index (χ0) is 21.8. The molecule has 4 aromatic rings. The maximum atomic E-state index is 12.9. The Bertz CT molecular complexity index is 1310. The number of nitrogens with zero attached hydrogens (tertiary/aromatic N) is 2. The third-order valence-corrected chi connectivity index (χ3v) is 4.66. The molecule has 0 aliphatic rings. The highest BCUT2D eigenvalue weighted by Crippen LogP contribution is 2.23. The van der Waals surface area contributed by atoms with Crippen molar-refractivity contribution in [1.29, 1.82) is 0 Å². The van der Waals surface area contributed by atoms with Gasteiger partial charge in [0.1, 0.15) is 23.5 Å². The number of aromatic nitrogens is 2. The van der Waals surface area contributed by atoms with E-state index < -0.39 is 30.6 Å².